The van der Waals surface area contributed by atoms with E-state index in [-0.39, 0.29) is 49.7 Å². The minimum atomic E-state index is -0.323. The van der Waals surface area contributed by atoms with Gasteiger partial charge in [-0.25, -0.2) is 0 Å². The van der Waals surface area contributed by atoms with Gasteiger partial charge in [0.15, 0.2) is 0 Å². The number of rotatable bonds is 32. The van der Waals surface area contributed by atoms with E-state index in [9.17, 15) is 9.59 Å². The molecule has 0 fully saturated rings. The summed E-state index contributed by atoms with van der Waals surface area (Å²) in [5.41, 5.74) is 0. The van der Waals surface area contributed by atoms with Gasteiger partial charge in [-0.2, -0.15) is 0 Å². The second-order valence-electron chi connectivity index (χ2n) is 12.2. The second-order valence-corrected chi connectivity index (χ2v) is 12.2. The molecule has 0 atom stereocenters. The van der Waals surface area contributed by atoms with Crippen LogP contribution in [-0.2, 0) is 14.3 Å². The summed E-state index contributed by atoms with van der Waals surface area (Å²) < 4.78 is 5.01. The first-order valence-electron chi connectivity index (χ1n) is 17.9. The molecule has 3 nitrogen and oxygen atoms in total. The molecule has 40 heavy (non-hydrogen) atoms. The van der Waals surface area contributed by atoms with Gasteiger partial charge >= 0.3 is 11.9 Å². The molecule has 2 radical (unpaired) electrons. The number of carbonyl (C=O) groups excluding carboxylic acids is 2. The number of unbranched alkanes of at least 4 members (excludes halogenated alkanes) is 28. The summed E-state index contributed by atoms with van der Waals surface area (Å²) in [6, 6.07) is 0. The van der Waals surface area contributed by atoms with Crippen molar-refractivity contribution < 1.29 is 14.3 Å². The van der Waals surface area contributed by atoms with Crippen molar-refractivity contribution in [3.05, 3.63) is 0 Å². The van der Waals surface area contributed by atoms with Crippen LogP contribution in [-0.4, -0.2) is 49.7 Å². The van der Waals surface area contributed by atoms with Crippen LogP contribution in [0.3, 0.4) is 0 Å². The normalized spacial score (nSPS) is 10.9. The molecular formula is C36H70CaO3. The Balaban J connectivity index is 0. The second kappa shape index (κ2) is 37.4. The predicted molar refractivity (Wildman–Crippen MR) is 176 cm³/mol. The smallest absolute Gasteiger partial charge is 0.313 e. The Hall–Kier alpha value is 0.400. The maximum atomic E-state index is 11.9. The van der Waals surface area contributed by atoms with E-state index in [1.165, 1.54) is 167 Å². The summed E-state index contributed by atoms with van der Waals surface area (Å²) in [6.07, 6.45) is 40.1. The Labute approximate surface area is 281 Å². The molecule has 0 aromatic heterocycles. The zero-order valence-corrected chi connectivity index (χ0v) is 29.8. The molecule has 0 saturated carbocycles. The van der Waals surface area contributed by atoms with E-state index in [1.54, 1.807) is 0 Å². The Morgan fingerprint density at radius 3 is 0.700 bits per heavy atom. The first-order chi connectivity index (χ1) is 19.2. The van der Waals surface area contributed by atoms with Crippen molar-refractivity contribution in [1.29, 1.82) is 0 Å². The SMILES string of the molecule is CCCCCCCCCCCCCCCCCC(=O)OC(=O)CCCCCCCCCCCCCCCCC.[Ca]. The van der Waals surface area contributed by atoms with E-state index < -0.39 is 0 Å². The van der Waals surface area contributed by atoms with Gasteiger partial charge in [0, 0.05) is 50.6 Å². The standard InChI is InChI=1S/C36H70O3.Ca/c1-3-5-7-9-11-13-15-17-19-21-23-25-27-29-31-33-35(37)39-36(38)34-32-30-28-26-24-22-20-18-16-14-12-10-8-6-4-2;/h3-34H2,1-2H3;. The molecule has 0 aliphatic rings. The van der Waals surface area contributed by atoms with E-state index in [2.05, 4.69) is 13.8 Å². The summed E-state index contributed by atoms with van der Waals surface area (Å²) in [4.78, 5) is 23.8. The van der Waals surface area contributed by atoms with Crippen LogP contribution in [0, 0.1) is 0 Å². The topological polar surface area (TPSA) is 43.4 Å². The minimum Gasteiger partial charge on any atom is -0.393 e. The van der Waals surface area contributed by atoms with Crippen LogP contribution in [0.5, 0.6) is 0 Å². The van der Waals surface area contributed by atoms with Crippen LogP contribution < -0.4 is 0 Å². The van der Waals surface area contributed by atoms with Crippen molar-refractivity contribution in [2.45, 2.75) is 219 Å². The number of ether oxygens (including phenoxy) is 1. The summed E-state index contributed by atoms with van der Waals surface area (Å²) >= 11 is 0. The number of hydrogen-bond acceptors (Lipinski definition) is 3. The Bertz CT molecular complexity index is 464. The molecule has 0 spiro atoms. The van der Waals surface area contributed by atoms with Gasteiger partial charge in [-0.05, 0) is 12.8 Å². The van der Waals surface area contributed by atoms with Crippen molar-refractivity contribution in [3.8, 4) is 0 Å². The minimum absolute atomic E-state index is 0. The fraction of sp³-hybridized carbons (Fsp3) is 0.944. The summed E-state index contributed by atoms with van der Waals surface area (Å²) in [5.74, 6) is -0.647. The van der Waals surface area contributed by atoms with Crippen molar-refractivity contribution in [1.82, 2.24) is 0 Å². The van der Waals surface area contributed by atoms with Crippen LogP contribution in [0.4, 0.5) is 0 Å². The first kappa shape index (κ1) is 42.5. The number of hydrogen-bond donors (Lipinski definition) is 0. The third-order valence-corrected chi connectivity index (χ3v) is 8.20. The molecule has 0 bridgehead atoms. The monoisotopic (exact) mass is 590 g/mol. The molecule has 0 amide bonds. The van der Waals surface area contributed by atoms with E-state index in [1.807, 2.05) is 0 Å². The Morgan fingerprint density at radius 1 is 0.325 bits per heavy atom. The number of carbonyl (C=O) groups is 2. The molecule has 0 unspecified atom stereocenters. The Kier molecular flexibility index (Phi) is 39.8. The zero-order valence-electron chi connectivity index (χ0n) is 27.6. The van der Waals surface area contributed by atoms with Crippen LogP contribution >= 0.6 is 0 Å². The molecule has 0 aliphatic heterocycles. The quantitative estimate of drug-likeness (QED) is 0.0339. The summed E-state index contributed by atoms with van der Waals surface area (Å²) in [5, 5.41) is 0. The van der Waals surface area contributed by atoms with Gasteiger partial charge in [0.2, 0.25) is 0 Å². The fourth-order valence-corrected chi connectivity index (χ4v) is 5.51. The van der Waals surface area contributed by atoms with Crippen molar-refractivity contribution in [2.24, 2.45) is 0 Å². The molecular weight excluding hydrogens is 520 g/mol. The van der Waals surface area contributed by atoms with Crippen molar-refractivity contribution >= 4 is 49.7 Å². The summed E-state index contributed by atoms with van der Waals surface area (Å²) in [7, 11) is 0. The third kappa shape index (κ3) is 36.4. The van der Waals surface area contributed by atoms with E-state index >= 15 is 0 Å². The zero-order chi connectivity index (χ0) is 28.5. The molecule has 4 heteroatoms. The largest absolute Gasteiger partial charge is 0.393 e. The van der Waals surface area contributed by atoms with Gasteiger partial charge in [-0.1, -0.05) is 194 Å². The van der Waals surface area contributed by atoms with Gasteiger partial charge in [-0.15, -0.1) is 0 Å². The summed E-state index contributed by atoms with van der Waals surface area (Å²) in [6.45, 7) is 4.55. The van der Waals surface area contributed by atoms with Crippen LogP contribution in [0.1, 0.15) is 219 Å². The average Bonchev–Trinajstić information content (AvgIpc) is 2.93. The molecule has 0 heterocycles. The van der Waals surface area contributed by atoms with Crippen LogP contribution in [0.25, 0.3) is 0 Å². The maximum Gasteiger partial charge on any atom is 0.313 e. The first-order valence-corrected chi connectivity index (χ1v) is 17.9. The van der Waals surface area contributed by atoms with Gasteiger partial charge < -0.3 is 4.74 Å². The van der Waals surface area contributed by atoms with Crippen LogP contribution in [0.2, 0.25) is 0 Å². The van der Waals surface area contributed by atoms with Crippen molar-refractivity contribution in [2.75, 3.05) is 0 Å². The average molecular weight is 591 g/mol. The molecule has 234 valence electrons. The van der Waals surface area contributed by atoms with Crippen LogP contribution in [0.15, 0.2) is 0 Å². The van der Waals surface area contributed by atoms with E-state index in [0.717, 1.165) is 25.7 Å². The molecule has 0 aromatic carbocycles. The van der Waals surface area contributed by atoms with Crippen molar-refractivity contribution in [3.63, 3.8) is 0 Å². The van der Waals surface area contributed by atoms with Gasteiger partial charge in [0.1, 0.15) is 0 Å². The molecule has 0 saturated heterocycles. The molecule has 0 aliphatic carbocycles. The van der Waals surface area contributed by atoms with Gasteiger partial charge in [0.25, 0.3) is 0 Å². The predicted octanol–water partition coefficient (Wildman–Crippen LogP) is 12.2. The van der Waals surface area contributed by atoms with Gasteiger partial charge in [0.05, 0.1) is 0 Å². The number of esters is 2. The maximum absolute atomic E-state index is 11.9. The van der Waals surface area contributed by atoms with E-state index in [4.69, 9.17) is 4.74 Å². The van der Waals surface area contributed by atoms with E-state index in [0.29, 0.717) is 12.8 Å². The Morgan fingerprint density at radius 2 is 0.500 bits per heavy atom. The van der Waals surface area contributed by atoms with Gasteiger partial charge in [-0.3, -0.25) is 9.59 Å². The fourth-order valence-electron chi connectivity index (χ4n) is 5.51. The third-order valence-electron chi connectivity index (χ3n) is 8.20. The molecule has 0 N–H and O–H groups in total. The molecule has 0 aromatic rings. The molecule has 0 rings (SSSR count).